The fraction of sp³-hybridized carbons (Fsp3) is 0.583. The molecule has 0 saturated heterocycles. The van der Waals surface area contributed by atoms with E-state index in [0.717, 1.165) is 25.7 Å². The molecule has 1 saturated carbocycles. The van der Waals surface area contributed by atoms with Gasteiger partial charge in [-0.2, -0.15) is 11.3 Å². The van der Waals surface area contributed by atoms with E-state index in [4.69, 9.17) is 0 Å². The number of carbonyl (C=O) groups is 1. The molecule has 2 N–H and O–H groups in total. The zero-order valence-corrected chi connectivity index (χ0v) is 10.1. The van der Waals surface area contributed by atoms with Gasteiger partial charge >= 0.3 is 0 Å². The van der Waals surface area contributed by atoms with Crippen molar-refractivity contribution in [1.82, 2.24) is 5.32 Å². The smallest absolute Gasteiger partial charge is 0.252 e. The molecule has 1 aliphatic rings. The predicted octanol–water partition coefficient (Wildman–Crippen LogP) is 2.17. The molecule has 1 aromatic rings. The Bertz CT molecular complexity index is 342. The van der Waals surface area contributed by atoms with E-state index in [1.54, 1.807) is 0 Å². The Morgan fingerprint density at radius 3 is 2.75 bits per heavy atom. The van der Waals surface area contributed by atoms with Crippen molar-refractivity contribution in [2.24, 2.45) is 0 Å². The summed E-state index contributed by atoms with van der Waals surface area (Å²) in [5, 5.41) is 16.2. The highest BCUT2D eigenvalue weighted by atomic mass is 32.1. The lowest BCUT2D eigenvalue weighted by Gasteiger charge is -2.36. The molecule has 0 radical (unpaired) electrons. The quantitative estimate of drug-likeness (QED) is 0.849. The highest BCUT2D eigenvalue weighted by Crippen LogP contribution is 2.28. The maximum absolute atomic E-state index is 11.9. The number of hydrogen-bond donors (Lipinski definition) is 2. The Morgan fingerprint density at radius 2 is 2.19 bits per heavy atom. The van der Waals surface area contributed by atoms with Crippen molar-refractivity contribution in [2.45, 2.75) is 37.6 Å². The molecule has 1 heterocycles. The fourth-order valence-electron chi connectivity index (χ4n) is 2.26. The first-order valence-corrected chi connectivity index (χ1v) is 6.66. The van der Waals surface area contributed by atoms with E-state index in [1.807, 2.05) is 16.8 Å². The minimum Gasteiger partial charge on any atom is -0.394 e. The lowest BCUT2D eigenvalue weighted by molar-refractivity contribution is 0.0759. The first-order chi connectivity index (χ1) is 7.76. The van der Waals surface area contributed by atoms with Crippen LogP contribution in [-0.4, -0.2) is 23.2 Å². The van der Waals surface area contributed by atoms with E-state index in [0.29, 0.717) is 5.56 Å². The summed E-state index contributed by atoms with van der Waals surface area (Å²) in [6.07, 6.45) is 5.16. The lowest BCUT2D eigenvalue weighted by Crippen LogP contribution is -2.52. The van der Waals surface area contributed by atoms with Crippen molar-refractivity contribution in [2.75, 3.05) is 6.61 Å². The van der Waals surface area contributed by atoms with Gasteiger partial charge in [-0.25, -0.2) is 0 Å². The SMILES string of the molecule is O=C(NC1(CO)CCCCC1)c1ccsc1. The Balaban J connectivity index is 2.03. The minimum absolute atomic E-state index is 0.0445. The summed E-state index contributed by atoms with van der Waals surface area (Å²) in [6, 6.07) is 1.81. The number of thiophene rings is 1. The van der Waals surface area contributed by atoms with Crippen molar-refractivity contribution in [3.63, 3.8) is 0 Å². The topological polar surface area (TPSA) is 49.3 Å². The third kappa shape index (κ3) is 2.44. The third-order valence-corrected chi connectivity index (χ3v) is 3.96. The molecule has 16 heavy (non-hydrogen) atoms. The van der Waals surface area contributed by atoms with Gasteiger partial charge in [-0.3, -0.25) is 4.79 Å². The van der Waals surface area contributed by atoms with Crippen LogP contribution in [0.4, 0.5) is 0 Å². The van der Waals surface area contributed by atoms with Crippen LogP contribution in [0.3, 0.4) is 0 Å². The van der Waals surface area contributed by atoms with Crippen molar-refractivity contribution in [3.05, 3.63) is 22.4 Å². The number of hydrogen-bond acceptors (Lipinski definition) is 3. The first kappa shape index (κ1) is 11.6. The molecule has 0 unspecified atom stereocenters. The highest BCUT2D eigenvalue weighted by Gasteiger charge is 2.33. The number of aliphatic hydroxyl groups is 1. The third-order valence-electron chi connectivity index (χ3n) is 3.28. The molecule has 0 spiro atoms. The zero-order valence-electron chi connectivity index (χ0n) is 9.24. The average Bonchev–Trinajstić information content (AvgIpc) is 2.84. The zero-order chi connectivity index (χ0) is 11.4. The molecule has 1 amide bonds. The number of carbonyl (C=O) groups excluding carboxylic acids is 1. The van der Waals surface area contributed by atoms with Crippen LogP contribution in [0, 0.1) is 0 Å². The number of rotatable bonds is 3. The molecule has 0 atom stereocenters. The number of nitrogens with one attached hydrogen (secondary N) is 1. The monoisotopic (exact) mass is 239 g/mol. The number of amides is 1. The Kier molecular flexibility index (Phi) is 3.61. The van der Waals surface area contributed by atoms with E-state index in [1.165, 1.54) is 17.8 Å². The summed E-state index contributed by atoms with van der Waals surface area (Å²) in [5.41, 5.74) is 0.320. The second-order valence-corrected chi connectivity index (χ2v) is 5.25. The molecule has 2 rings (SSSR count). The maximum Gasteiger partial charge on any atom is 0.252 e. The molecular weight excluding hydrogens is 222 g/mol. The molecule has 1 fully saturated rings. The Morgan fingerprint density at radius 1 is 1.44 bits per heavy atom. The van der Waals surface area contributed by atoms with E-state index in [2.05, 4.69) is 5.32 Å². The summed E-state index contributed by atoms with van der Waals surface area (Å²) >= 11 is 1.51. The maximum atomic E-state index is 11.9. The molecule has 3 nitrogen and oxygen atoms in total. The van der Waals surface area contributed by atoms with Crippen LogP contribution < -0.4 is 5.32 Å². The van der Waals surface area contributed by atoms with E-state index < -0.39 is 0 Å². The van der Waals surface area contributed by atoms with Gasteiger partial charge in [-0.15, -0.1) is 0 Å². The molecular formula is C12H17NO2S. The Labute approximate surface area is 99.5 Å². The van der Waals surface area contributed by atoms with Crippen LogP contribution in [0.25, 0.3) is 0 Å². The van der Waals surface area contributed by atoms with Crippen LogP contribution >= 0.6 is 11.3 Å². The van der Waals surface area contributed by atoms with Crippen LogP contribution in [-0.2, 0) is 0 Å². The summed E-state index contributed by atoms with van der Waals surface area (Å²) in [5.74, 6) is -0.0581. The molecule has 0 aromatic carbocycles. The second-order valence-electron chi connectivity index (χ2n) is 4.47. The Hall–Kier alpha value is -0.870. The highest BCUT2D eigenvalue weighted by molar-refractivity contribution is 7.08. The number of aliphatic hydroxyl groups excluding tert-OH is 1. The standard InChI is InChI=1S/C12H17NO2S/c14-9-12(5-2-1-3-6-12)13-11(15)10-4-7-16-8-10/h4,7-8,14H,1-3,5-6,9H2,(H,13,15). The first-order valence-electron chi connectivity index (χ1n) is 5.71. The molecule has 0 aliphatic heterocycles. The summed E-state index contributed by atoms with van der Waals surface area (Å²) < 4.78 is 0. The van der Waals surface area contributed by atoms with Crippen molar-refractivity contribution >= 4 is 17.2 Å². The van der Waals surface area contributed by atoms with E-state index in [9.17, 15) is 9.90 Å². The van der Waals surface area contributed by atoms with Gasteiger partial charge in [0.05, 0.1) is 17.7 Å². The largest absolute Gasteiger partial charge is 0.394 e. The van der Waals surface area contributed by atoms with Crippen molar-refractivity contribution in [1.29, 1.82) is 0 Å². The van der Waals surface area contributed by atoms with Gasteiger partial charge < -0.3 is 10.4 Å². The molecule has 0 bridgehead atoms. The van der Waals surface area contributed by atoms with Crippen LogP contribution in [0.1, 0.15) is 42.5 Å². The second kappa shape index (κ2) is 4.97. The normalized spacial score (nSPS) is 19.3. The minimum atomic E-state index is -0.378. The summed E-state index contributed by atoms with van der Waals surface area (Å²) in [4.78, 5) is 11.9. The molecule has 4 heteroatoms. The van der Waals surface area contributed by atoms with Crippen LogP contribution in [0.5, 0.6) is 0 Å². The average molecular weight is 239 g/mol. The van der Waals surface area contributed by atoms with Gasteiger partial charge in [0.1, 0.15) is 0 Å². The molecule has 1 aromatic heterocycles. The van der Waals surface area contributed by atoms with Gasteiger partial charge in [0.25, 0.3) is 5.91 Å². The van der Waals surface area contributed by atoms with E-state index in [-0.39, 0.29) is 18.1 Å². The predicted molar refractivity (Wildman–Crippen MR) is 64.7 cm³/mol. The summed E-state index contributed by atoms with van der Waals surface area (Å²) in [6.45, 7) is 0.0445. The lowest BCUT2D eigenvalue weighted by atomic mass is 9.82. The molecule has 1 aliphatic carbocycles. The fourth-order valence-corrected chi connectivity index (χ4v) is 2.89. The van der Waals surface area contributed by atoms with Crippen molar-refractivity contribution in [3.8, 4) is 0 Å². The molecule has 88 valence electrons. The van der Waals surface area contributed by atoms with Gasteiger partial charge in [0.15, 0.2) is 0 Å². The van der Waals surface area contributed by atoms with Crippen molar-refractivity contribution < 1.29 is 9.90 Å². The van der Waals surface area contributed by atoms with Gasteiger partial charge in [-0.1, -0.05) is 19.3 Å². The van der Waals surface area contributed by atoms with Crippen LogP contribution in [0.2, 0.25) is 0 Å². The van der Waals surface area contributed by atoms with Gasteiger partial charge in [0.2, 0.25) is 0 Å². The van der Waals surface area contributed by atoms with Gasteiger partial charge in [-0.05, 0) is 24.3 Å². The van der Waals surface area contributed by atoms with Gasteiger partial charge in [0, 0.05) is 5.38 Å². The summed E-state index contributed by atoms with van der Waals surface area (Å²) in [7, 11) is 0. The van der Waals surface area contributed by atoms with E-state index >= 15 is 0 Å². The van der Waals surface area contributed by atoms with Crippen LogP contribution in [0.15, 0.2) is 16.8 Å².